The molecular weight excluding hydrogens is 671 g/mol. The Hall–Kier alpha value is -2.22. The summed E-state index contributed by atoms with van der Waals surface area (Å²) in [5, 5.41) is 5.47. The van der Waals surface area contributed by atoms with Crippen molar-refractivity contribution in [3.8, 4) is 22.3 Å². The summed E-state index contributed by atoms with van der Waals surface area (Å²) in [4.78, 5) is 0. The molecule has 6 rings (SSSR count). The summed E-state index contributed by atoms with van der Waals surface area (Å²) in [6, 6.07) is 40.4. The first kappa shape index (κ1) is 36.3. The van der Waals surface area contributed by atoms with Crippen LogP contribution in [-0.2, 0) is 46.5 Å². The van der Waals surface area contributed by atoms with E-state index >= 15 is 0 Å². The van der Waals surface area contributed by atoms with Gasteiger partial charge in [-0.2, -0.15) is 12.1 Å². The van der Waals surface area contributed by atoms with Crippen molar-refractivity contribution in [3.63, 3.8) is 0 Å². The SMILES string of the molecule is CCc1ccc(-c2cccc3[cH-]c(CC)cc23)cc1.CCc1ccc(-c2cccc3[cH-]c(CC)cc23)cc1.C[Si]C.[Cl][Zr+2][Cl]. The summed E-state index contributed by atoms with van der Waals surface area (Å²) < 4.78 is 0. The van der Waals surface area contributed by atoms with Crippen molar-refractivity contribution in [2.24, 2.45) is 0 Å². The van der Waals surface area contributed by atoms with E-state index in [0.717, 1.165) is 35.2 Å². The van der Waals surface area contributed by atoms with Gasteiger partial charge in [-0.3, -0.25) is 0 Å². The van der Waals surface area contributed by atoms with Gasteiger partial charge in [0.25, 0.3) is 0 Å². The third-order valence-corrected chi connectivity index (χ3v) is 7.78. The van der Waals surface area contributed by atoms with Gasteiger partial charge >= 0.3 is 37.9 Å². The molecule has 0 aliphatic rings. The second-order valence-electron chi connectivity index (χ2n) is 10.7. The van der Waals surface area contributed by atoms with Crippen LogP contribution in [-0.4, -0.2) is 9.52 Å². The molecule has 0 nitrogen and oxygen atoms in total. The minimum atomic E-state index is -0.826. The van der Waals surface area contributed by atoms with Gasteiger partial charge in [-0.15, -0.1) is 69.1 Å². The Bertz CT molecular complexity index is 1550. The van der Waals surface area contributed by atoms with Gasteiger partial charge in [0.2, 0.25) is 0 Å². The first-order chi connectivity index (χ1) is 21.5. The number of fused-ring (bicyclic) bond motifs is 2. The molecule has 0 heterocycles. The molecule has 0 atom stereocenters. The predicted octanol–water partition coefficient (Wildman–Crippen LogP) is 12.9. The monoisotopic (exact) mass is 712 g/mol. The van der Waals surface area contributed by atoms with Crippen molar-refractivity contribution in [2.75, 3.05) is 0 Å². The second kappa shape index (κ2) is 19.3. The van der Waals surface area contributed by atoms with Crippen LogP contribution in [0.3, 0.4) is 0 Å². The first-order valence-corrected chi connectivity index (χ1v) is 23.9. The maximum absolute atomic E-state index is 4.93. The summed E-state index contributed by atoms with van der Waals surface area (Å²) in [5.41, 5.74) is 11.0. The van der Waals surface area contributed by atoms with Crippen LogP contribution < -0.4 is 0 Å². The summed E-state index contributed by atoms with van der Waals surface area (Å²) in [5.74, 6) is 0. The van der Waals surface area contributed by atoms with Crippen LogP contribution in [0.15, 0.2) is 109 Å². The van der Waals surface area contributed by atoms with Crippen LogP contribution >= 0.6 is 17.0 Å². The number of halogens is 2. The summed E-state index contributed by atoms with van der Waals surface area (Å²) >= 11 is -0.826. The molecule has 6 aromatic carbocycles. The summed E-state index contributed by atoms with van der Waals surface area (Å²) in [7, 11) is 11.0. The summed E-state index contributed by atoms with van der Waals surface area (Å²) in [6.45, 7) is 13.1. The quantitative estimate of drug-likeness (QED) is 0.119. The molecule has 0 aromatic heterocycles. The first-order valence-electron chi connectivity index (χ1n) is 15.6. The molecule has 4 heteroatoms. The topological polar surface area (TPSA) is 0 Å². The van der Waals surface area contributed by atoms with Gasteiger partial charge in [0, 0.05) is 9.52 Å². The van der Waals surface area contributed by atoms with Gasteiger partial charge < -0.3 is 0 Å². The predicted molar refractivity (Wildman–Crippen MR) is 197 cm³/mol. The number of rotatable bonds is 6. The molecule has 0 fully saturated rings. The van der Waals surface area contributed by atoms with E-state index in [9.17, 15) is 0 Å². The van der Waals surface area contributed by atoms with E-state index in [4.69, 9.17) is 17.0 Å². The van der Waals surface area contributed by atoms with Crippen LogP contribution in [0.1, 0.15) is 49.9 Å². The summed E-state index contributed by atoms with van der Waals surface area (Å²) in [6.07, 6.45) is 4.40. The molecule has 0 aliphatic heterocycles. The van der Waals surface area contributed by atoms with E-state index in [0.29, 0.717) is 0 Å². The Morgan fingerprint density at radius 2 is 0.886 bits per heavy atom. The van der Waals surface area contributed by atoms with Crippen LogP contribution in [0.25, 0.3) is 43.8 Å². The number of hydrogen-bond acceptors (Lipinski definition) is 0. The molecule has 44 heavy (non-hydrogen) atoms. The van der Waals surface area contributed by atoms with E-state index in [-0.39, 0.29) is 0 Å². The number of benzene rings is 4. The van der Waals surface area contributed by atoms with Crippen LogP contribution in [0.2, 0.25) is 13.1 Å². The molecule has 2 radical (unpaired) electrons. The van der Waals surface area contributed by atoms with E-state index in [1.165, 1.54) is 66.1 Å². The molecule has 0 saturated carbocycles. The second-order valence-corrected chi connectivity index (χ2v) is 15.5. The minimum absolute atomic E-state index is 0.826. The van der Waals surface area contributed by atoms with Crippen molar-refractivity contribution in [1.29, 1.82) is 0 Å². The molecule has 0 unspecified atom stereocenters. The van der Waals surface area contributed by atoms with Gasteiger partial charge in [0.1, 0.15) is 0 Å². The molecule has 226 valence electrons. The van der Waals surface area contributed by atoms with Gasteiger partial charge in [-0.1, -0.05) is 113 Å². The Kier molecular flexibility index (Phi) is 15.9. The number of hydrogen-bond donors (Lipinski definition) is 0. The van der Waals surface area contributed by atoms with Crippen molar-refractivity contribution < 1.29 is 20.8 Å². The normalized spacial score (nSPS) is 10.2. The fourth-order valence-corrected chi connectivity index (χ4v) is 5.35. The van der Waals surface area contributed by atoms with Gasteiger partial charge in [0.15, 0.2) is 0 Å². The van der Waals surface area contributed by atoms with Gasteiger partial charge in [0.05, 0.1) is 0 Å². The van der Waals surface area contributed by atoms with Crippen molar-refractivity contribution >= 4 is 48.1 Å². The standard InChI is InChI=1S/2C19H19.C2H6Si.2ClH.Zr/c2*1-3-14-8-10-16(11-9-14)18-7-5-6-17-12-15(4-2)13-19(17)18;1-3-2;;;/h2*5-13H,3-4H2,1-2H3;1-2H3;2*1H;/q2*-1;;;;+4/p-2. The Morgan fingerprint density at radius 1 is 0.545 bits per heavy atom. The average Bonchev–Trinajstić information content (AvgIpc) is 3.70. The average molecular weight is 715 g/mol. The van der Waals surface area contributed by atoms with E-state index in [1.54, 1.807) is 0 Å². The molecule has 0 saturated heterocycles. The molecule has 0 bridgehead atoms. The zero-order valence-corrected chi connectivity index (χ0v) is 31.9. The van der Waals surface area contributed by atoms with Crippen molar-refractivity contribution in [2.45, 2.75) is 66.5 Å². The van der Waals surface area contributed by atoms with E-state index < -0.39 is 20.8 Å². The molecule has 0 aliphatic carbocycles. The van der Waals surface area contributed by atoms with Gasteiger partial charge in [-0.05, 0) is 47.9 Å². The molecule has 0 spiro atoms. The third kappa shape index (κ3) is 9.89. The van der Waals surface area contributed by atoms with Crippen molar-refractivity contribution in [1.82, 2.24) is 0 Å². The van der Waals surface area contributed by atoms with Crippen LogP contribution in [0.5, 0.6) is 0 Å². The fraction of sp³-hybridized carbons (Fsp3) is 0.250. The third-order valence-electron chi connectivity index (χ3n) is 7.78. The van der Waals surface area contributed by atoms with Crippen molar-refractivity contribution in [3.05, 3.63) is 131 Å². The molecular formula is C40H44Cl2SiZr. The molecule has 0 amide bonds. The Balaban J connectivity index is 0.000000204. The van der Waals surface area contributed by atoms with Gasteiger partial charge in [-0.25, -0.2) is 0 Å². The van der Waals surface area contributed by atoms with Crippen LogP contribution in [0, 0.1) is 0 Å². The molecule has 6 aromatic rings. The number of aryl methyl sites for hydroxylation is 4. The van der Waals surface area contributed by atoms with E-state index in [2.05, 4.69) is 150 Å². The zero-order chi connectivity index (χ0) is 31.9. The Labute approximate surface area is 287 Å². The van der Waals surface area contributed by atoms with Crippen LogP contribution in [0.4, 0.5) is 0 Å². The molecule has 0 N–H and O–H groups in total. The maximum atomic E-state index is 4.93. The zero-order valence-electron chi connectivity index (χ0n) is 27.0. The van der Waals surface area contributed by atoms with E-state index in [1.807, 2.05) is 0 Å². The Morgan fingerprint density at radius 3 is 1.18 bits per heavy atom. The fourth-order valence-electron chi connectivity index (χ4n) is 5.35.